The maximum Gasteiger partial charge on any atom is 0.331 e. The molecule has 160 valence electrons. The maximum absolute atomic E-state index is 12.8. The summed E-state index contributed by atoms with van der Waals surface area (Å²) in [6, 6.07) is 2.78. The van der Waals surface area contributed by atoms with Gasteiger partial charge in [0.15, 0.2) is 11.5 Å². The van der Waals surface area contributed by atoms with E-state index in [0.717, 1.165) is 0 Å². The highest BCUT2D eigenvalue weighted by atomic mass is 16.6. The lowest BCUT2D eigenvalue weighted by atomic mass is 10.1. The molecule has 1 amide bonds. The first-order valence-electron chi connectivity index (χ1n) is 9.04. The van der Waals surface area contributed by atoms with E-state index < -0.39 is 12.1 Å². The largest absolute Gasteiger partial charge is 0.493 e. The molecule has 1 aromatic carbocycles. The average molecular weight is 411 g/mol. The van der Waals surface area contributed by atoms with Crippen LogP contribution < -0.4 is 19.5 Å². The molecule has 4 unspecified atom stereocenters. The van der Waals surface area contributed by atoms with Crippen molar-refractivity contribution in [2.24, 2.45) is 0 Å². The van der Waals surface area contributed by atoms with Gasteiger partial charge in [-0.15, -0.1) is 0 Å². The van der Waals surface area contributed by atoms with Gasteiger partial charge in [-0.25, -0.2) is 4.79 Å². The van der Waals surface area contributed by atoms with Crippen molar-refractivity contribution in [3.63, 3.8) is 0 Å². The highest BCUT2D eigenvalue weighted by molar-refractivity contribution is 5.96. The van der Waals surface area contributed by atoms with E-state index in [1.165, 1.54) is 28.4 Å². The normalized spacial score (nSPS) is 25.2. The minimum absolute atomic E-state index is 0.181. The molecule has 2 fully saturated rings. The Morgan fingerprint density at radius 3 is 2.24 bits per heavy atom. The zero-order valence-corrected chi connectivity index (χ0v) is 16.8. The Morgan fingerprint density at radius 2 is 1.66 bits per heavy atom. The molecule has 2 saturated heterocycles. The molecule has 10 heteroatoms. The van der Waals surface area contributed by atoms with Crippen molar-refractivity contribution in [1.82, 2.24) is 5.32 Å². The number of hydrogen-bond donors (Lipinski definition) is 1. The first-order valence-corrected chi connectivity index (χ1v) is 9.04. The van der Waals surface area contributed by atoms with Crippen molar-refractivity contribution in [3.8, 4) is 17.2 Å². The molecule has 0 aliphatic carbocycles. The van der Waals surface area contributed by atoms with E-state index in [2.05, 4.69) is 10.1 Å². The summed E-state index contributed by atoms with van der Waals surface area (Å²) in [5.41, 5.74) is 0.347. The molecule has 10 nitrogen and oxygen atoms in total. The van der Waals surface area contributed by atoms with E-state index in [1.54, 1.807) is 12.1 Å². The SMILES string of the molecule is COC(=O)COC1COC2C(NC(=O)c3cc(OC)c(OC)c(OC)c3)COC12. The van der Waals surface area contributed by atoms with Gasteiger partial charge in [0.1, 0.15) is 24.9 Å². The van der Waals surface area contributed by atoms with Gasteiger partial charge < -0.3 is 38.5 Å². The van der Waals surface area contributed by atoms with Gasteiger partial charge >= 0.3 is 5.97 Å². The molecule has 3 rings (SSSR count). The van der Waals surface area contributed by atoms with Crippen LogP contribution in [0, 0.1) is 0 Å². The summed E-state index contributed by atoms with van der Waals surface area (Å²) in [5, 5.41) is 2.92. The van der Waals surface area contributed by atoms with E-state index in [9.17, 15) is 9.59 Å². The van der Waals surface area contributed by atoms with E-state index in [0.29, 0.717) is 22.8 Å². The van der Waals surface area contributed by atoms with Crippen LogP contribution in [0.5, 0.6) is 17.2 Å². The van der Waals surface area contributed by atoms with Gasteiger partial charge in [-0.3, -0.25) is 4.79 Å². The van der Waals surface area contributed by atoms with Crippen molar-refractivity contribution in [2.75, 3.05) is 48.3 Å². The van der Waals surface area contributed by atoms with Crippen LogP contribution in [0.25, 0.3) is 0 Å². The standard InChI is InChI=1S/C19H25NO9/c1-23-12-5-10(6-13(24-2)17(12)26-4)19(22)20-11-7-28-18-14(8-29-16(11)18)27-9-15(21)25-3/h5-6,11,14,16,18H,7-9H2,1-4H3,(H,20,22). The summed E-state index contributed by atoms with van der Waals surface area (Å²) in [4.78, 5) is 24.1. The zero-order chi connectivity index (χ0) is 21.0. The van der Waals surface area contributed by atoms with E-state index in [-0.39, 0.29) is 44.0 Å². The van der Waals surface area contributed by atoms with E-state index in [4.69, 9.17) is 28.4 Å². The number of fused-ring (bicyclic) bond motifs is 1. The molecule has 0 bridgehead atoms. The highest BCUT2D eigenvalue weighted by Gasteiger charge is 2.49. The Kier molecular flexibility index (Phi) is 6.78. The van der Waals surface area contributed by atoms with Gasteiger partial charge in [0.2, 0.25) is 5.75 Å². The van der Waals surface area contributed by atoms with Gasteiger partial charge in [-0.1, -0.05) is 0 Å². The fourth-order valence-electron chi connectivity index (χ4n) is 3.43. The smallest absolute Gasteiger partial charge is 0.331 e. The zero-order valence-electron chi connectivity index (χ0n) is 16.8. The number of methoxy groups -OCH3 is 4. The van der Waals surface area contributed by atoms with Gasteiger partial charge in [0, 0.05) is 5.56 Å². The van der Waals surface area contributed by atoms with Crippen molar-refractivity contribution in [3.05, 3.63) is 17.7 Å². The monoisotopic (exact) mass is 411 g/mol. The second kappa shape index (κ2) is 9.29. The second-order valence-electron chi connectivity index (χ2n) is 6.52. The summed E-state index contributed by atoms with van der Waals surface area (Å²) >= 11 is 0. The van der Waals surface area contributed by atoms with E-state index in [1.807, 2.05) is 0 Å². The maximum atomic E-state index is 12.8. The van der Waals surface area contributed by atoms with Gasteiger partial charge in [-0.05, 0) is 12.1 Å². The Labute approximate surface area is 168 Å². The lowest BCUT2D eigenvalue weighted by Crippen LogP contribution is -2.44. The molecule has 0 saturated carbocycles. The molecule has 2 heterocycles. The van der Waals surface area contributed by atoms with Gasteiger partial charge in [0.25, 0.3) is 5.91 Å². The number of rotatable bonds is 8. The number of amides is 1. The van der Waals surface area contributed by atoms with Crippen LogP contribution in [0.15, 0.2) is 12.1 Å². The Bertz CT molecular complexity index is 728. The first-order chi connectivity index (χ1) is 14.0. The van der Waals surface area contributed by atoms with Crippen LogP contribution in [0.1, 0.15) is 10.4 Å². The van der Waals surface area contributed by atoms with Crippen molar-refractivity contribution in [2.45, 2.75) is 24.4 Å². The van der Waals surface area contributed by atoms with Gasteiger partial charge in [-0.2, -0.15) is 0 Å². The average Bonchev–Trinajstić information content (AvgIpc) is 3.33. The van der Waals surface area contributed by atoms with Crippen LogP contribution in [-0.2, 0) is 23.7 Å². The predicted octanol–water partition coefficient (Wildman–Crippen LogP) is 0.167. The van der Waals surface area contributed by atoms with Crippen LogP contribution in [-0.4, -0.2) is 84.5 Å². The Hall–Kier alpha value is -2.56. The molecule has 1 N–H and O–H groups in total. The number of carbonyl (C=O) groups is 2. The van der Waals surface area contributed by atoms with Gasteiger partial charge in [0.05, 0.1) is 47.7 Å². The Morgan fingerprint density at radius 1 is 1.00 bits per heavy atom. The minimum Gasteiger partial charge on any atom is -0.493 e. The molecular weight excluding hydrogens is 386 g/mol. The molecule has 29 heavy (non-hydrogen) atoms. The third kappa shape index (κ3) is 4.39. The summed E-state index contributed by atoms with van der Waals surface area (Å²) < 4.78 is 37.4. The molecule has 2 aliphatic rings. The number of ether oxygens (including phenoxy) is 7. The third-order valence-corrected chi connectivity index (χ3v) is 4.89. The highest BCUT2D eigenvalue weighted by Crippen LogP contribution is 2.38. The number of esters is 1. The van der Waals surface area contributed by atoms with Crippen molar-refractivity contribution >= 4 is 11.9 Å². The fourth-order valence-corrected chi connectivity index (χ4v) is 3.43. The number of carbonyl (C=O) groups excluding carboxylic acids is 2. The number of hydrogen-bond acceptors (Lipinski definition) is 9. The van der Waals surface area contributed by atoms with E-state index >= 15 is 0 Å². The van der Waals surface area contributed by atoms with Crippen molar-refractivity contribution < 1.29 is 42.7 Å². The summed E-state index contributed by atoms with van der Waals surface area (Å²) in [7, 11) is 5.75. The quantitative estimate of drug-likeness (QED) is 0.598. The topological polar surface area (TPSA) is 111 Å². The first kappa shape index (κ1) is 21.2. The summed E-state index contributed by atoms with van der Waals surface area (Å²) in [5.74, 6) is 0.358. The molecular formula is C19H25NO9. The molecule has 4 atom stereocenters. The minimum atomic E-state index is -0.473. The number of nitrogens with one attached hydrogen (secondary N) is 1. The van der Waals surface area contributed by atoms with Crippen LogP contribution in [0.4, 0.5) is 0 Å². The predicted molar refractivity (Wildman–Crippen MR) is 98.6 cm³/mol. The molecule has 1 aromatic rings. The van der Waals surface area contributed by atoms with Crippen LogP contribution in [0.3, 0.4) is 0 Å². The van der Waals surface area contributed by atoms with Crippen LogP contribution in [0.2, 0.25) is 0 Å². The Balaban J connectivity index is 1.66. The lowest BCUT2D eigenvalue weighted by molar-refractivity contribution is -0.150. The fraction of sp³-hybridized carbons (Fsp3) is 0.579. The second-order valence-corrected chi connectivity index (χ2v) is 6.52. The molecule has 0 spiro atoms. The summed E-state index contributed by atoms with van der Waals surface area (Å²) in [6.45, 7) is 0.353. The lowest BCUT2D eigenvalue weighted by Gasteiger charge is -2.19. The molecule has 0 radical (unpaired) electrons. The summed E-state index contributed by atoms with van der Waals surface area (Å²) in [6.07, 6.45) is -1.14. The molecule has 0 aromatic heterocycles. The van der Waals surface area contributed by atoms with Crippen LogP contribution >= 0.6 is 0 Å². The number of benzene rings is 1. The van der Waals surface area contributed by atoms with Crippen molar-refractivity contribution in [1.29, 1.82) is 0 Å². The molecule has 2 aliphatic heterocycles. The third-order valence-electron chi connectivity index (χ3n) is 4.89.